The van der Waals surface area contributed by atoms with Crippen LogP contribution in [0.2, 0.25) is 0 Å². The van der Waals surface area contributed by atoms with Gasteiger partial charge in [0.15, 0.2) is 0 Å². The molecule has 2 rings (SSSR count). The number of hydrogen-bond acceptors (Lipinski definition) is 3. The molecule has 1 saturated carbocycles. The van der Waals surface area contributed by atoms with Crippen molar-refractivity contribution < 1.29 is 0 Å². The van der Waals surface area contributed by atoms with Crippen LogP contribution in [-0.4, -0.2) is 34.8 Å². The fourth-order valence-corrected chi connectivity index (χ4v) is 1.98. The first-order chi connectivity index (χ1) is 7.24. The Hall–Kier alpha value is -1.03. The molecule has 0 bridgehead atoms. The molecule has 4 nitrogen and oxygen atoms in total. The molecule has 1 heterocycles. The van der Waals surface area contributed by atoms with Crippen molar-refractivity contribution in [3.8, 4) is 0 Å². The van der Waals surface area contributed by atoms with Crippen LogP contribution in [0.25, 0.3) is 0 Å². The van der Waals surface area contributed by atoms with Crippen LogP contribution in [0.5, 0.6) is 0 Å². The number of nitrogen functional groups attached to an aromatic ring is 1. The predicted molar refractivity (Wildman–Crippen MR) is 61.5 cm³/mol. The first-order valence-electron chi connectivity index (χ1n) is 5.71. The average Bonchev–Trinajstić information content (AvgIpc) is 2.55. The van der Waals surface area contributed by atoms with Gasteiger partial charge in [0.25, 0.3) is 0 Å². The Morgan fingerprint density at radius 2 is 2.40 bits per heavy atom. The first-order valence-corrected chi connectivity index (χ1v) is 5.71. The smallest absolute Gasteiger partial charge is 0.145 e. The van der Waals surface area contributed by atoms with Gasteiger partial charge in [-0.15, -0.1) is 0 Å². The van der Waals surface area contributed by atoms with E-state index >= 15 is 0 Å². The number of nitrogens with zero attached hydrogens (tertiary/aromatic N) is 3. The molecule has 1 aromatic heterocycles. The highest BCUT2D eigenvalue weighted by Crippen LogP contribution is 2.26. The summed E-state index contributed by atoms with van der Waals surface area (Å²) in [4.78, 5) is 2.39. The molecule has 0 aliphatic heterocycles. The van der Waals surface area contributed by atoms with Crippen LogP contribution in [0, 0.1) is 5.92 Å². The van der Waals surface area contributed by atoms with Crippen LogP contribution in [0.3, 0.4) is 0 Å². The third-order valence-corrected chi connectivity index (χ3v) is 3.17. The molecular weight excluding hydrogens is 188 g/mol. The third-order valence-electron chi connectivity index (χ3n) is 3.17. The van der Waals surface area contributed by atoms with Crippen LogP contribution in [0.4, 0.5) is 5.82 Å². The normalized spacial score (nSPS) is 16.9. The molecule has 0 radical (unpaired) electrons. The summed E-state index contributed by atoms with van der Waals surface area (Å²) in [6.07, 6.45) is 6.19. The van der Waals surface area contributed by atoms with Gasteiger partial charge in [-0.05, 0) is 31.9 Å². The molecule has 1 fully saturated rings. The number of likely N-dealkylation sites (N-methyl/N-ethyl adjacent to an activating group) is 1. The van der Waals surface area contributed by atoms with Gasteiger partial charge in [-0.25, -0.2) is 0 Å². The zero-order chi connectivity index (χ0) is 10.7. The predicted octanol–water partition coefficient (Wildman–Crippen LogP) is 1.20. The van der Waals surface area contributed by atoms with Gasteiger partial charge >= 0.3 is 0 Å². The van der Waals surface area contributed by atoms with Crippen LogP contribution in [0.15, 0.2) is 12.3 Å². The van der Waals surface area contributed by atoms with Gasteiger partial charge in [-0.2, -0.15) is 5.10 Å². The highest BCUT2D eigenvalue weighted by Gasteiger charge is 2.18. The molecule has 1 aliphatic carbocycles. The number of rotatable bonds is 5. The van der Waals surface area contributed by atoms with Crippen LogP contribution >= 0.6 is 0 Å². The summed E-state index contributed by atoms with van der Waals surface area (Å²) < 4.78 is 1.91. The molecule has 2 N–H and O–H groups in total. The maximum absolute atomic E-state index is 5.55. The standard InChI is InChI=1S/C11H20N4/c1-14(9-10-3-2-4-10)7-8-15-6-5-11(12)13-15/h5-6,10H,2-4,7-9H2,1H3,(H2,12,13). The Balaban J connectivity index is 1.68. The molecule has 0 saturated heterocycles. The molecular formula is C11H20N4. The second kappa shape index (κ2) is 4.66. The zero-order valence-corrected chi connectivity index (χ0v) is 9.39. The Morgan fingerprint density at radius 3 is 2.93 bits per heavy atom. The summed E-state index contributed by atoms with van der Waals surface area (Å²) in [5.74, 6) is 1.55. The lowest BCUT2D eigenvalue weighted by Crippen LogP contribution is -2.31. The Kier molecular flexibility index (Phi) is 3.26. The van der Waals surface area contributed by atoms with Crippen LogP contribution in [-0.2, 0) is 6.54 Å². The summed E-state index contributed by atoms with van der Waals surface area (Å²) in [5, 5.41) is 4.16. The Morgan fingerprint density at radius 1 is 1.60 bits per heavy atom. The number of anilines is 1. The lowest BCUT2D eigenvalue weighted by atomic mass is 9.85. The number of nitrogens with two attached hydrogens (primary N) is 1. The molecule has 0 unspecified atom stereocenters. The Bertz CT molecular complexity index is 303. The minimum absolute atomic E-state index is 0.608. The van der Waals surface area contributed by atoms with E-state index in [2.05, 4.69) is 17.0 Å². The maximum atomic E-state index is 5.55. The van der Waals surface area contributed by atoms with E-state index in [0.717, 1.165) is 19.0 Å². The van der Waals surface area contributed by atoms with Gasteiger partial charge in [0.2, 0.25) is 0 Å². The molecule has 1 aliphatic rings. The second-order valence-electron chi connectivity index (χ2n) is 4.56. The fraction of sp³-hybridized carbons (Fsp3) is 0.727. The summed E-state index contributed by atoms with van der Waals surface area (Å²) in [6, 6.07) is 1.84. The van der Waals surface area contributed by atoms with Gasteiger partial charge in [0.05, 0.1) is 6.54 Å². The highest BCUT2D eigenvalue weighted by atomic mass is 15.3. The SMILES string of the molecule is CN(CCn1ccc(N)n1)CC1CCC1. The van der Waals surface area contributed by atoms with Crippen molar-refractivity contribution in [1.29, 1.82) is 0 Å². The van der Waals surface area contributed by atoms with E-state index < -0.39 is 0 Å². The van der Waals surface area contributed by atoms with Crippen molar-refractivity contribution in [1.82, 2.24) is 14.7 Å². The minimum atomic E-state index is 0.608. The van der Waals surface area contributed by atoms with Crippen LogP contribution in [0.1, 0.15) is 19.3 Å². The first kappa shape index (κ1) is 10.5. The monoisotopic (exact) mass is 208 g/mol. The van der Waals surface area contributed by atoms with Crippen molar-refractivity contribution in [3.05, 3.63) is 12.3 Å². The van der Waals surface area contributed by atoms with E-state index in [1.807, 2.05) is 16.9 Å². The van der Waals surface area contributed by atoms with Crippen molar-refractivity contribution in [3.63, 3.8) is 0 Å². The highest BCUT2D eigenvalue weighted by molar-refractivity contribution is 5.23. The van der Waals surface area contributed by atoms with E-state index in [1.54, 1.807) is 0 Å². The van der Waals surface area contributed by atoms with E-state index in [1.165, 1.54) is 25.8 Å². The molecule has 15 heavy (non-hydrogen) atoms. The largest absolute Gasteiger partial charge is 0.382 e. The van der Waals surface area contributed by atoms with Gasteiger partial charge in [0.1, 0.15) is 5.82 Å². The van der Waals surface area contributed by atoms with Crippen molar-refractivity contribution >= 4 is 5.82 Å². The topological polar surface area (TPSA) is 47.1 Å². The van der Waals surface area contributed by atoms with E-state index in [9.17, 15) is 0 Å². The molecule has 4 heteroatoms. The Labute approximate surface area is 91.1 Å². The average molecular weight is 208 g/mol. The molecule has 84 valence electrons. The third kappa shape index (κ3) is 2.96. The van der Waals surface area contributed by atoms with Crippen molar-refractivity contribution in [2.75, 3.05) is 25.9 Å². The molecule has 0 spiro atoms. The van der Waals surface area contributed by atoms with Crippen LogP contribution < -0.4 is 5.73 Å². The van der Waals surface area contributed by atoms with Gasteiger partial charge < -0.3 is 10.6 Å². The summed E-state index contributed by atoms with van der Waals surface area (Å²) >= 11 is 0. The summed E-state index contributed by atoms with van der Waals surface area (Å²) in [7, 11) is 2.19. The van der Waals surface area contributed by atoms with E-state index in [4.69, 9.17) is 5.73 Å². The molecule has 0 aromatic carbocycles. The van der Waals surface area contributed by atoms with Crippen molar-refractivity contribution in [2.45, 2.75) is 25.8 Å². The number of aromatic nitrogens is 2. The van der Waals surface area contributed by atoms with Gasteiger partial charge in [0, 0.05) is 19.3 Å². The lowest BCUT2D eigenvalue weighted by molar-refractivity contribution is 0.199. The summed E-state index contributed by atoms with van der Waals surface area (Å²) in [6.45, 7) is 3.22. The molecule has 0 amide bonds. The molecule has 0 atom stereocenters. The van der Waals surface area contributed by atoms with Crippen molar-refractivity contribution in [2.24, 2.45) is 5.92 Å². The second-order valence-corrected chi connectivity index (χ2v) is 4.56. The molecule has 1 aromatic rings. The zero-order valence-electron chi connectivity index (χ0n) is 9.39. The minimum Gasteiger partial charge on any atom is -0.382 e. The maximum Gasteiger partial charge on any atom is 0.145 e. The van der Waals surface area contributed by atoms with E-state index in [-0.39, 0.29) is 0 Å². The van der Waals surface area contributed by atoms with Gasteiger partial charge in [-0.1, -0.05) is 6.42 Å². The fourth-order valence-electron chi connectivity index (χ4n) is 1.98. The lowest BCUT2D eigenvalue weighted by Gasteiger charge is -2.30. The van der Waals surface area contributed by atoms with Gasteiger partial charge in [-0.3, -0.25) is 4.68 Å². The quantitative estimate of drug-likeness (QED) is 0.791. The van der Waals surface area contributed by atoms with E-state index in [0.29, 0.717) is 5.82 Å². The number of hydrogen-bond donors (Lipinski definition) is 1. The summed E-state index contributed by atoms with van der Waals surface area (Å²) in [5.41, 5.74) is 5.55.